The lowest BCUT2D eigenvalue weighted by molar-refractivity contribution is -0.182. The van der Waals surface area contributed by atoms with Crippen molar-refractivity contribution in [2.75, 3.05) is 18.4 Å². The van der Waals surface area contributed by atoms with Crippen LogP contribution in [0.3, 0.4) is 0 Å². The lowest BCUT2D eigenvalue weighted by atomic mass is 10.2. The number of aliphatic hydroxyl groups is 1. The van der Waals surface area contributed by atoms with E-state index in [-0.39, 0.29) is 31.1 Å². The fourth-order valence-electron chi connectivity index (χ4n) is 2.96. The molecule has 1 atom stereocenters. The quantitative estimate of drug-likeness (QED) is 0.603. The minimum Gasteiger partial charge on any atom is -0.407 e. The third-order valence-corrected chi connectivity index (χ3v) is 4.57. The van der Waals surface area contributed by atoms with Gasteiger partial charge in [0.25, 0.3) is 11.7 Å². The first-order valence-corrected chi connectivity index (χ1v) is 9.41. The van der Waals surface area contributed by atoms with Crippen molar-refractivity contribution in [3.63, 3.8) is 0 Å². The van der Waals surface area contributed by atoms with Crippen LogP contribution in [0.15, 0.2) is 48.5 Å². The molecular formula is C20H19ClFN3O5. The topological polar surface area (TPSA) is 108 Å². The second-order valence-electron chi connectivity index (χ2n) is 6.70. The van der Waals surface area contributed by atoms with E-state index in [1.54, 1.807) is 30.3 Å². The Bertz CT molecular complexity index is 938. The number of hydrogen-bond acceptors (Lipinski definition) is 5. The van der Waals surface area contributed by atoms with Crippen molar-refractivity contribution in [1.82, 2.24) is 10.2 Å². The van der Waals surface area contributed by atoms with Crippen LogP contribution in [-0.2, 0) is 20.9 Å². The van der Waals surface area contributed by atoms with Crippen molar-refractivity contribution >= 4 is 35.2 Å². The Morgan fingerprint density at radius 3 is 2.67 bits per heavy atom. The smallest absolute Gasteiger partial charge is 0.407 e. The maximum Gasteiger partial charge on any atom is 0.410 e. The first-order chi connectivity index (χ1) is 14.2. The van der Waals surface area contributed by atoms with E-state index in [2.05, 4.69) is 10.6 Å². The van der Waals surface area contributed by atoms with Crippen LogP contribution in [0.2, 0.25) is 5.02 Å². The largest absolute Gasteiger partial charge is 0.410 e. The number of benzene rings is 2. The molecule has 8 nitrogen and oxygen atoms in total. The van der Waals surface area contributed by atoms with E-state index in [0.717, 1.165) is 11.0 Å². The van der Waals surface area contributed by atoms with Crippen molar-refractivity contribution in [3.05, 3.63) is 64.9 Å². The van der Waals surface area contributed by atoms with Gasteiger partial charge >= 0.3 is 6.09 Å². The number of halogens is 2. The molecule has 0 radical (unpaired) electrons. The van der Waals surface area contributed by atoms with E-state index in [1.165, 1.54) is 12.1 Å². The van der Waals surface area contributed by atoms with Gasteiger partial charge in [0.05, 0.1) is 0 Å². The molecule has 1 saturated heterocycles. The number of amides is 3. The molecule has 1 fully saturated rings. The third kappa shape index (κ3) is 5.46. The van der Waals surface area contributed by atoms with Crippen molar-refractivity contribution in [1.29, 1.82) is 0 Å². The summed E-state index contributed by atoms with van der Waals surface area (Å²) >= 11 is 5.75. The van der Waals surface area contributed by atoms with Gasteiger partial charge in [0.15, 0.2) is 0 Å². The van der Waals surface area contributed by atoms with Gasteiger partial charge in [-0.1, -0.05) is 29.8 Å². The number of hydrogen-bond donors (Lipinski definition) is 3. The summed E-state index contributed by atoms with van der Waals surface area (Å²) in [7, 11) is 0. The molecule has 1 aliphatic heterocycles. The molecule has 1 heterocycles. The molecule has 30 heavy (non-hydrogen) atoms. The van der Waals surface area contributed by atoms with Gasteiger partial charge in [-0.2, -0.15) is 0 Å². The van der Waals surface area contributed by atoms with Crippen LogP contribution in [0.5, 0.6) is 0 Å². The third-order valence-electron chi connectivity index (χ3n) is 4.35. The standard InChI is InChI=1S/C20H19ClFN3O5/c21-14-8-13(9-15(22)10-14)11-23-19(28)30-20(29)6-7-25(18(20)27)12-17(26)24-16-4-2-1-3-5-16/h1-5,8-10,29H,6-7,11-12H2,(H,23,28)(H,24,26). The maximum absolute atomic E-state index is 13.3. The van der Waals surface area contributed by atoms with E-state index < -0.39 is 29.5 Å². The van der Waals surface area contributed by atoms with Gasteiger partial charge in [0.2, 0.25) is 5.91 Å². The molecule has 0 bridgehead atoms. The van der Waals surface area contributed by atoms with Crippen LogP contribution < -0.4 is 10.6 Å². The Balaban J connectivity index is 1.51. The Morgan fingerprint density at radius 2 is 1.97 bits per heavy atom. The fourth-order valence-corrected chi connectivity index (χ4v) is 3.20. The summed E-state index contributed by atoms with van der Waals surface area (Å²) in [6.07, 6.45) is -1.26. The van der Waals surface area contributed by atoms with Crippen molar-refractivity contribution in [3.8, 4) is 0 Å². The van der Waals surface area contributed by atoms with Crippen LogP contribution in [-0.4, -0.2) is 46.8 Å². The van der Waals surface area contributed by atoms with Crippen LogP contribution >= 0.6 is 11.6 Å². The average Bonchev–Trinajstić information content (AvgIpc) is 2.94. The molecule has 1 unspecified atom stereocenters. The number of para-hydroxylation sites is 1. The predicted molar refractivity (Wildman–Crippen MR) is 106 cm³/mol. The number of alkyl carbamates (subject to hydrolysis) is 1. The number of nitrogens with zero attached hydrogens (tertiary/aromatic N) is 1. The molecule has 10 heteroatoms. The van der Waals surface area contributed by atoms with E-state index in [9.17, 15) is 23.9 Å². The van der Waals surface area contributed by atoms with Crippen LogP contribution in [0.25, 0.3) is 0 Å². The number of anilines is 1. The number of nitrogens with one attached hydrogen (secondary N) is 2. The molecule has 0 aliphatic carbocycles. The molecule has 0 spiro atoms. The molecule has 0 saturated carbocycles. The zero-order valence-electron chi connectivity index (χ0n) is 15.7. The van der Waals surface area contributed by atoms with Gasteiger partial charge in [-0.15, -0.1) is 0 Å². The number of ether oxygens (including phenoxy) is 1. The lowest BCUT2D eigenvalue weighted by Crippen LogP contribution is -2.47. The molecular weight excluding hydrogens is 417 g/mol. The minimum absolute atomic E-state index is 0.0321. The number of likely N-dealkylation sites (tertiary alicyclic amines) is 1. The zero-order chi connectivity index (χ0) is 21.7. The highest BCUT2D eigenvalue weighted by molar-refractivity contribution is 6.30. The summed E-state index contributed by atoms with van der Waals surface area (Å²) < 4.78 is 18.2. The summed E-state index contributed by atoms with van der Waals surface area (Å²) in [5, 5.41) is 15.5. The Morgan fingerprint density at radius 1 is 1.23 bits per heavy atom. The predicted octanol–water partition coefficient (Wildman–Crippen LogP) is 2.26. The second kappa shape index (κ2) is 9.10. The molecule has 0 aromatic heterocycles. The lowest BCUT2D eigenvalue weighted by Gasteiger charge is -2.22. The first kappa shape index (κ1) is 21.5. The summed E-state index contributed by atoms with van der Waals surface area (Å²) in [4.78, 5) is 37.6. The molecule has 2 aromatic rings. The summed E-state index contributed by atoms with van der Waals surface area (Å²) in [6.45, 7) is -0.392. The highest BCUT2D eigenvalue weighted by Gasteiger charge is 2.49. The second-order valence-corrected chi connectivity index (χ2v) is 7.13. The van der Waals surface area contributed by atoms with Crippen molar-refractivity contribution in [2.24, 2.45) is 0 Å². The average molecular weight is 436 g/mol. The van der Waals surface area contributed by atoms with E-state index in [1.807, 2.05) is 0 Å². The molecule has 1 aliphatic rings. The van der Waals surface area contributed by atoms with Gasteiger partial charge in [-0.25, -0.2) is 9.18 Å². The molecule has 3 amide bonds. The number of carbonyl (C=O) groups is 3. The van der Waals surface area contributed by atoms with Crippen LogP contribution in [0.1, 0.15) is 12.0 Å². The van der Waals surface area contributed by atoms with Gasteiger partial charge in [-0.3, -0.25) is 9.59 Å². The Hall–Kier alpha value is -3.17. The van der Waals surface area contributed by atoms with E-state index in [0.29, 0.717) is 11.3 Å². The SMILES string of the molecule is O=C(CN1CCC(O)(OC(=O)NCc2cc(F)cc(Cl)c2)C1=O)Nc1ccccc1. The molecule has 3 rings (SSSR count). The Kier molecular flexibility index (Phi) is 6.53. The maximum atomic E-state index is 13.3. The normalized spacial score (nSPS) is 18.2. The van der Waals surface area contributed by atoms with Gasteiger partial charge in [-0.05, 0) is 35.9 Å². The van der Waals surface area contributed by atoms with E-state index in [4.69, 9.17) is 16.3 Å². The summed E-state index contributed by atoms with van der Waals surface area (Å²) in [6, 6.07) is 12.4. The van der Waals surface area contributed by atoms with E-state index >= 15 is 0 Å². The molecule has 3 N–H and O–H groups in total. The monoisotopic (exact) mass is 435 g/mol. The van der Waals surface area contributed by atoms with Crippen molar-refractivity contribution < 1.29 is 28.6 Å². The highest BCUT2D eigenvalue weighted by atomic mass is 35.5. The van der Waals surface area contributed by atoms with Crippen LogP contribution in [0, 0.1) is 5.82 Å². The summed E-state index contributed by atoms with van der Waals surface area (Å²) in [5.41, 5.74) is 0.943. The van der Waals surface area contributed by atoms with Gasteiger partial charge in [0, 0.05) is 30.2 Å². The fraction of sp³-hybridized carbons (Fsp3) is 0.250. The molecule has 158 valence electrons. The van der Waals surface area contributed by atoms with Gasteiger partial charge in [0.1, 0.15) is 12.4 Å². The Labute approximate surface area is 176 Å². The molecule has 2 aromatic carbocycles. The minimum atomic E-state index is -2.38. The summed E-state index contributed by atoms with van der Waals surface area (Å²) in [5.74, 6) is -4.29. The number of rotatable bonds is 6. The first-order valence-electron chi connectivity index (χ1n) is 9.04. The highest BCUT2D eigenvalue weighted by Crippen LogP contribution is 2.24. The van der Waals surface area contributed by atoms with Gasteiger partial charge < -0.3 is 25.4 Å². The zero-order valence-corrected chi connectivity index (χ0v) is 16.5. The van der Waals surface area contributed by atoms with Crippen LogP contribution in [0.4, 0.5) is 14.9 Å². The van der Waals surface area contributed by atoms with Crippen molar-refractivity contribution in [2.45, 2.75) is 18.8 Å². The number of carbonyl (C=O) groups excluding carboxylic acids is 3.